The first-order valence-electron chi connectivity index (χ1n) is 6.25. The van der Waals surface area contributed by atoms with Gasteiger partial charge >= 0.3 is 0 Å². The molecule has 3 heteroatoms. The number of unbranched alkanes of at least 4 members (excludes halogenated alkanes) is 2. The van der Waals surface area contributed by atoms with Crippen LogP contribution in [0.2, 0.25) is 0 Å². The van der Waals surface area contributed by atoms with Crippen LogP contribution in [0.4, 0.5) is 0 Å². The van der Waals surface area contributed by atoms with Crippen molar-refractivity contribution in [1.29, 1.82) is 5.26 Å². The third-order valence-corrected chi connectivity index (χ3v) is 2.59. The normalized spacial score (nSPS) is 10.4. The Hall–Kier alpha value is -1.79. The maximum absolute atomic E-state index is 8.39. The molecule has 0 aliphatic rings. The van der Waals surface area contributed by atoms with Crippen molar-refractivity contribution in [3.63, 3.8) is 0 Å². The molecule has 0 aliphatic heterocycles. The molecule has 1 rings (SSSR count). The van der Waals surface area contributed by atoms with E-state index in [0.717, 1.165) is 37.2 Å². The molecule has 0 aliphatic carbocycles. The number of nitriles is 1. The lowest BCUT2D eigenvalue weighted by Crippen LogP contribution is -2.14. The smallest absolute Gasteiger partial charge is 0.126 e. The summed E-state index contributed by atoms with van der Waals surface area (Å²) < 4.78 is 5.27. The molecule has 0 heterocycles. The highest BCUT2D eigenvalue weighted by Gasteiger charge is 1.95. The first-order valence-corrected chi connectivity index (χ1v) is 6.25. The van der Waals surface area contributed by atoms with Gasteiger partial charge in [-0.25, -0.2) is 0 Å². The fraction of sp³-hybridized carbons (Fsp3) is 0.400. The molecule has 0 fully saturated rings. The van der Waals surface area contributed by atoms with Crippen LogP contribution < -0.4 is 10.1 Å². The molecule has 0 saturated carbocycles. The van der Waals surface area contributed by atoms with Gasteiger partial charge in [-0.3, -0.25) is 0 Å². The minimum Gasteiger partial charge on any atom is -0.496 e. The van der Waals surface area contributed by atoms with E-state index in [9.17, 15) is 0 Å². The Balaban J connectivity index is 2.22. The van der Waals surface area contributed by atoms with Gasteiger partial charge in [0.2, 0.25) is 0 Å². The first-order chi connectivity index (χ1) is 8.88. The average molecular weight is 244 g/mol. The summed E-state index contributed by atoms with van der Waals surface area (Å²) in [6.07, 6.45) is 6.82. The molecule has 1 aromatic carbocycles. The quantitative estimate of drug-likeness (QED) is 0.715. The lowest BCUT2D eigenvalue weighted by atomic mass is 10.2. The van der Waals surface area contributed by atoms with Gasteiger partial charge in [0.1, 0.15) is 5.75 Å². The number of nitrogens with one attached hydrogen (secondary N) is 1. The van der Waals surface area contributed by atoms with Gasteiger partial charge in [-0.1, -0.05) is 30.4 Å². The summed E-state index contributed by atoms with van der Waals surface area (Å²) in [5.74, 6) is 0.891. The van der Waals surface area contributed by atoms with Gasteiger partial charge in [-0.15, -0.1) is 0 Å². The molecular weight excluding hydrogens is 224 g/mol. The van der Waals surface area contributed by atoms with Crippen LogP contribution in [-0.4, -0.2) is 20.2 Å². The molecule has 18 heavy (non-hydrogen) atoms. The zero-order chi connectivity index (χ0) is 13.1. The Labute approximate surface area is 109 Å². The highest BCUT2D eigenvalue weighted by Crippen LogP contribution is 2.18. The fourth-order valence-corrected chi connectivity index (χ4v) is 1.63. The van der Waals surface area contributed by atoms with Crippen LogP contribution in [0.25, 0.3) is 6.08 Å². The van der Waals surface area contributed by atoms with Crippen LogP contribution >= 0.6 is 0 Å². The zero-order valence-electron chi connectivity index (χ0n) is 10.9. The summed E-state index contributed by atoms with van der Waals surface area (Å²) >= 11 is 0. The standard InChI is InChI=1S/C15H20N2O/c1-18-15-10-4-3-8-14(15)9-7-13-17-12-6-2-5-11-16/h3-4,7-10,17H,2,5-6,12-13H2,1H3/b9-7+. The lowest BCUT2D eigenvalue weighted by Gasteiger charge is -2.03. The first kappa shape index (κ1) is 14.3. The highest BCUT2D eigenvalue weighted by molar-refractivity contribution is 5.57. The Morgan fingerprint density at radius 2 is 2.17 bits per heavy atom. The monoisotopic (exact) mass is 244 g/mol. The van der Waals surface area contributed by atoms with Crippen LogP contribution in [0, 0.1) is 11.3 Å². The van der Waals surface area contributed by atoms with Gasteiger partial charge in [0.15, 0.2) is 0 Å². The second-order valence-corrected chi connectivity index (χ2v) is 3.96. The topological polar surface area (TPSA) is 45.0 Å². The van der Waals surface area contributed by atoms with Crippen LogP contribution in [0.5, 0.6) is 5.75 Å². The molecular formula is C15H20N2O. The molecule has 0 aromatic heterocycles. The van der Waals surface area contributed by atoms with E-state index in [-0.39, 0.29) is 0 Å². The summed E-state index contributed by atoms with van der Waals surface area (Å²) in [6.45, 7) is 1.79. The van der Waals surface area contributed by atoms with E-state index < -0.39 is 0 Å². The van der Waals surface area contributed by atoms with E-state index in [1.165, 1.54) is 0 Å². The molecule has 0 unspecified atom stereocenters. The maximum Gasteiger partial charge on any atom is 0.126 e. The largest absolute Gasteiger partial charge is 0.496 e. The van der Waals surface area contributed by atoms with Gasteiger partial charge in [0.05, 0.1) is 13.2 Å². The minimum atomic E-state index is 0.652. The third-order valence-electron chi connectivity index (χ3n) is 2.59. The van der Waals surface area contributed by atoms with E-state index in [1.807, 2.05) is 24.3 Å². The van der Waals surface area contributed by atoms with Gasteiger partial charge < -0.3 is 10.1 Å². The van der Waals surface area contributed by atoms with Gasteiger partial charge in [0.25, 0.3) is 0 Å². The molecule has 0 spiro atoms. The summed E-state index contributed by atoms with van der Waals surface area (Å²) in [6, 6.07) is 10.1. The number of hydrogen-bond donors (Lipinski definition) is 1. The SMILES string of the molecule is COc1ccccc1/C=C/CNCCCCC#N. The maximum atomic E-state index is 8.39. The predicted octanol–water partition coefficient (Wildman–Crippen LogP) is 2.99. The molecule has 0 atom stereocenters. The van der Waals surface area contributed by atoms with Crippen molar-refractivity contribution in [2.45, 2.75) is 19.3 Å². The number of nitrogens with zero attached hydrogens (tertiary/aromatic N) is 1. The van der Waals surface area contributed by atoms with E-state index in [1.54, 1.807) is 7.11 Å². The Bertz CT molecular complexity index is 407. The molecule has 3 nitrogen and oxygen atoms in total. The van der Waals surface area contributed by atoms with Crippen LogP contribution in [0.1, 0.15) is 24.8 Å². The Morgan fingerprint density at radius 3 is 2.94 bits per heavy atom. The number of methoxy groups -OCH3 is 1. The van der Waals surface area contributed by atoms with Crippen LogP contribution in [0.3, 0.4) is 0 Å². The minimum absolute atomic E-state index is 0.652. The lowest BCUT2D eigenvalue weighted by molar-refractivity contribution is 0.414. The van der Waals surface area contributed by atoms with Gasteiger partial charge in [-0.05, 0) is 25.5 Å². The predicted molar refractivity (Wildman–Crippen MR) is 74.4 cm³/mol. The molecule has 0 amide bonds. The van der Waals surface area contributed by atoms with E-state index in [4.69, 9.17) is 10.00 Å². The number of ether oxygens (including phenoxy) is 1. The number of benzene rings is 1. The summed E-state index contributed by atoms with van der Waals surface area (Å²) in [5, 5.41) is 11.7. The molecule has 1 aromatic rings. The molecule has 96 valence electrons. The van der Waals surface area contributed by atoms with Gasteiger partial charge in [0, 0.05) is 18.5 Å². The molecule has 0 bridgehead atoms. The van der Waals surface area contributed by atoms with E-state index >= 15 is 0 Å². The van der Waals surface area contributed by atoms with Crippen LogP contribution in [0.15, 0.2) is 30.3 Å². The second kappa shape index (κ2) is 9.26. The highest BCUT2D eigenvalue weighted by atomic mass is 16.5. The van der Waals surface area contributed by atoms with Crippen molar-refractivity contribution in [2.24, 2.45) is 0 Å². The van der Waals surface area contributed by atoms with Gasteiger partial charge in [-0.2, -0.15) is 5.26 Å². The van der Waals surface area contributed by atoms with Crippen molar-refractivity contribution in [3.05, 3.63) is 35.9 Å². The van der Waals surface area contributed by atoms with Crippen molar-refractivity contribution in [3.8, 4) is 11.8 Å². The zero-order valence-corrected chi connectivity index (χ0v) is 10.9. The van der Waals surface area contributed by atoms with Crippen molar-refractivity contribution >= 4 is 6.08 Å². The Kier molecular flexibility index (Phi) is 7.34. The third kappa shape index (κ3) is 5.51. The Morgan fingerprint density at radius 1 is 1.33 bits per heavy atom. The number of para-hydroxylation sites is 1. The van der Waals surface area contributed by atoms with E-state index in [2.05, 4.69) is 23.5 Å². The van der Waals surface area contributed by atoms with E-state index in [0.29, 0.717) is 6.42 Å². The molecule has 0 radical (unpaired) electrons. The average Bonchev–Trinajstić information content (AvgIpc) is 2.42. The van der Waals surface area contributed by atoms with Crippen molar-refractivity contribution < 1.29 is 4.74 Å². The summed E-state index contributed by atoms with van der Waals surface area (Å²) in [5.41, 5.74) is 1.09. The second-order valence-electron chi connectivity index (χ2n) is 3.96. The van der Waals surface area contributed by atoms with Crippen molar-refractivity contribution in [2.75, 3.05) is 20.2 Å². The molecule has 0 saturated heterocycles. The fourth-order valence-electron chi connectivity index (χ4n) is 1.63. The number of hydrogen-bond acceptors (Lipinski definition) is 3. The number of rotatable bonds is 8. The summed E-state index contributed by atoms with van der Waals surface area (Å²) in [7, 11) is 1.68. The van der Waals surface area contributed by atoms with Crippen molar-refractivity contribution in [1.82, 2.24) is 5.32 Å². The molecule has 1 N–H and O–H groups in total. The van der Waals surface area contributed by atoms with Crippen LogP contribution in [-0.2, 0) is 0 Å². The summed E-state index contributed by atoms with van der Waals surface area (Å²) in [4.78, 5) is 0.